The fraction of sp³-hybridized carbons (Fsp3) is 0.500. The molecule has 2 amide bonds. The van der Waals surface area contributed by atoms with E-state index in [4.69, 9.17) is 0 Å². The number of hydrogen-bond acceptors (Lipinski definition) is 3. The number of nitrogens with one attached hydrogen (secondary N) is 2. The summed E-state index contributed by atoms with van der Waals surface area (Å²) in [4.78, 5) is 26.1. The lowest BCUT2D eigenvalue weighted by Gasteiger charge is -2.15. The molecule has 2 aliphatic rings. The summed E-state index contributed by atoms with van der Waals surface area (Å²) in [6, 6.07) is 7.10. The SMILES string of the molecule is O=C(Nc1ccc(C(=O)N2CCCC2)cc1)[C@@H]1CCCN1. The summed E-state index contributed by atoms with van der Waals surface area (Å²) in [6.07, 6.45) is 4.11. The summed E-state index contributed by atoms with van der Waals surface area (Å²) < 4.78 is 0. The molecule has 0 aromatic heterocycles. The van der Waals surface area contributed by atoms with Gasteiger partial charge in [-0.15, -0.1) is 0 Å². The van der Waals surface area contributed by atoms with E-state index in [1.54, 1.807) is 24.3 Å². The van der Waals surface area contributed by atoms with E-state index < -0.39 is 0 Å². The average Bonchev–Trinajstić information content (AvgIpc) is 3.20. The molecule has 2 fully saturated rings. The molecule has 0 saturated carbocycles. The van der Waals surface area contributed by atoms with Crippen LogP contribution in [0.1, 0.15) is 36.0 Å². The molecule has 0 radical (unpaired) electrons. The molecule has 0 bridgehead atoms. The lowest BCUT2D eigenvalue weighted by atomic mass is 10.1. The summed E-state index contributed by atoms with van der Waals surface area (Å²) in [5.74, 6) is 0.0916. The molecule has 112 valence electrons. The quantitative estimate of drug-likeness (QED) is 0.888. The number of carbonyl (C=O) groups is 2. The standard InChI is InChI=1S/C16H21N3O2/c20-15(14-4-3-9-17-14)18-13-7-5-12(6-8-13)16(21)19-10-1-2-11-19/h5-8,14,17H,1-4,9-11H2,(H,18,20)/t14-/m0/s1. The van der Waals surface area contributed by atoms with E-state index in [-0.39, 0.29) is 17.9 Å². The average molecular weight is 287 g/mol. The smallest absolute Gasteiger partial charge is 0.253 e. The van der Waals surface area contributed by atoms with E-state index in [2.05, 4.69) is 10.6 Å². The predicted molar refractivity (Wildman–Crippen MR) is 81.2 cm³/mol. The third-order valence-corrected chi connectivity index (χ3v) is 4.17. The van der Waals surface area contributed by atoms with Crippen LogP contribution in [0.15, 0.2) is 24.3 Å². The lowest BCUT2D eigenvalue weighted by molar-refractivity contribution is -0.117. The Kier molecular flexibility index (Phi) is 4.20. The molecular formula is C16H21N3O2. The number of nitrogens with zero attached hydrogens (tertiary/aromatic N) is 1. The van der Waals surface area contributed by atoms with Crippen molar-refractivity contribution in [2.24, 2.45) is 0 Å². The topological polar surface area (TPSA) is 61.4 Å². The van der Waals surface area contributed by atoms with Crippen molar-refractivity contribution in [1.29, 1.82) is 0 Å². The van der Waals surface area contributed by atoms with Crippen molar-refractivity contribution >= 4 is 17.5 Å². The van der Waals surface area contributed by atoms with Gasteiger partial charge in [0.25, 0.3) is 5.91 Å². The number of carbonyl (C=O) groups excluding carboxylic acids is 2. The van der Waals surface area contributed by atoms with E-state index in [1.165, 1.54) is 0 Å². The fourth-order valence-electron chi connectivity index (χ4n) is 2.94. The molecule has 1 aromatic rings. The first kappa shape index (κ1) is 14.1. The van der Waals surface area contributed by atoms with Crippen LogP contribution in [-0.2, 0) is 4.79 Å². The minimum atomic E-state index is -0.0871. The molecule has 2 heterocycles. The largest absolute Gasteiger partial charge is 0.339 e. The van der Waals surface area contributed by atoms with Gasteiger partial charge in [0.05, 0.1) is 6.04 Å². The van der Waals surface area contributed by atoms with Gasteiger partial charge in [-0.3, -0.25) is 9.59 Å². The highest BCUT2D eigenvalue weighted by Gasteiger charge is 2.22. The molecule has 2 saturated heterocycles. The third-order valence-electron chi connectivity index (χ3n) is 4.17. The second-order valence-electron chi connectivity index (χ2n) is 5.71. The van der Waals surface area contributed by atoms with Crippen LogP contribution in [0.25, 0.3) is 0 Å². The monoisotopic (exact) mass is 287 g/mol. The molecule has 2 aliphatic heterocycles. The van der Waals surface area contributed by atoms with Gasteiger partial charge >= 0.3 is 0 Å². The zero-order valence-electron chi connectivity index (χ0n) is 12.1. The summed E-state index contributed by atoms with van der Waals surface area (Å²) in [7, 11) is 0. The maximum Gasteiger partial charge on any atom is 0.253 e. The number of benzene rings is 1. The van der Waals surface area contributed by atoms with E-state index in [1.807, 2.05) is 4.90 Å². The molecule has 2 N–H and O–H groups in total. The molecule has 3 rings (SSSR count). The summed E-state index contributed by atoms with van der Waals surface area (Å²) in [5, 5.41) is 6.06. The molecule has 5 nitrogen and oxygen atoms in total. The van der Waals surface area contributed by atoms with Gasteiger partial charge < -0.3 is 15.5 Å². The molecule has 5 heteroatoms. The van der Waals surface area contributed by atoms with E-state index in [0.717, 1.165) is 51.0 Å². The second kappa shape index (κ2) is 6.26. The Morgan fingerprint density at radius 2 is 1.81 bits per heavy atom. The predicted octanol–water partition coefficient (Wildman–Crippen LogP) is 1.61. The van der Waals surface area contributed by atoms with Crippen molar-refractivity contribution in [3.05, 3.63) is 29.8 Å². The van der Waals surface area contributed by atoms with Gasteiger partial charge in [0, 0.05) is 24.3 Å². The van der Waals surface area contributed by atoms with Crippen LogP contribution >= 0.6 is 0 Å². The Hall–Kier alpha value is -1.88. The summed E-state index contributed by atoms with van der Waals surface area (Å²) in [5.41, 5.74) is 1.43. The molecule has 0 spiro atoms. The van der Waals surface area contributed by atoms with E-state index in [9.17, 15) is 9.59 Å². The second-order valence-corrected chi connectivity index (χ2v) is 5.71. The Labute approximate surface area is 124 Å². The van der Waals surface area contributed by atoms with Crippen molar-refractivity contribution in [3.63, 3.8) is 0 Å². The molecule has 1 atom stereocenters. The van der Waals surface area contributed by atoms with Crippen LogP contribution < -0.4 is 10.6 Å². The lowest BCUT2D eigenvalue weighted by Crippen LogP contribution is -2.35. The van der Waals surface area contributed by atoms with Gasteiger partial charge in [-0.1, -0.05) is 0 Å². The number of hydrogen-bond donors (Lipinski definition) is 2. The van der Waals surface area contributed by atoms with Crippen LogP contribution in [0.2, 0.25) is 0 Å². The minimum Gasteiger partial charge on any atom is -0.339 e. The first-order valence-corrected chi connectivity index (χ1v) is 7.67. The molecule has 0 unspecified atom stereocenters. The fourth-order valence-corrected chi connectivity index (χ4v) is 2.94. The van der Waals surface area contributed by atoms with Gasteiger partial charge in [-0.2, -0.15) is 0 Å². The minimum absolute atomic E-state index is 0.00567. The first-order valence-electron chi connectivity index (χ1n) is 7.67. The summed E-state index contributed by atoms with van der Waals surface area (Å²) >= 11 is 0. The Balaban J connectivity index is 1.60. The van der Waals surface area contributed by atoms with Gasteiger partial charge in [0.15, 0.2) is 0 Å². The maximum atomic E-state index is 12.2. The zero-order valence-corrected chi connectivity index (χ0v) is 12.1. The molecule has 21 heavy (non-hydrogen) atoms. The number of likely N-dealkylation sites (tertiary alicyclic amines) is 1. The number of anilines is 1. The highest BCUT2D eigenvalue weighted by molar-refractivity contribution is 5.97. The van der Waals surface area contributed by atoms with Crippen LogP contribution in [0.5, 0.6) is 0 Å². The van der Waals surface area contributed by atoms with Crippen LogP contribution in [0.4, 0.5) is 5.69 Å². The van der Waals surface area contributed by atoms with Crippen LogP contribution in [0, 0.1) is 0 Å². The van der Waals surface area contributed by atoms with Gasteiger partial charge in [-0.25, -0.2) is 0 Å². The number of rotatable bonds is 3. The maximum absolute atomic E-state index is 12.2. The van der Waals surface area contributed by atoms with E-state index in [0.29, 0.717) is 5.56 Å². The Morgan fingerprint density at radius 3 is 2.43 bits per heavy atom. The number of amides is 2. The van der Waals surface area contributed by atoms with Gasteiger partial charge in [0.1, 0.15) is 0 Å². The molecule has 0 aliphatic carbocycles. The van der Waals surface area contributed by atoms with Gasteiger partial charge in [-0.05, 0) is 56.5 Å². The van der Waals surface area contributed by atoms with Crippen molar-refractivity contribution in [1.82, 2.24) is 10.2 Å². The Bertz CT molecular complexity index is 515. The highest BCUT2D eigenvalue weighted by Crippen LogP contribution is 2.16. The molecule has 1 aromatic carbocycles. The van der Waals surface area contributed by atoms with Crippen LogP contribution in [0.3, 0.4) is 0 Å². The van der Waals surface area contributed by atoms with Crippen LogP contribution in [-0.4, -0.2) is 42.4 Å². The van der Waals surface area contributed by atoms with Crippen molar-refractivity contribution in [2.45, 2.75) is 31.7 Å². The first-order chi connectivity index (χ1) is 10.2. The third kappa shape index (κ3) is 3.24. The van der Waals surface area contributed by atoms with Gasteiger partial charge in [0.2, 0.25) is 5.91 Å². The van der Waals surface area contributed by atoms with Crippen molar-refractivity contribution in [3.8, 4) is 0 Å². The highest BCUT2D eigenvalue weighted by atomic mass is 16.2. The van der Waals surface area contributed by atoms with E-state index >= 15 is 0 Å². The van der Waals surface area contributed by atoms with Crippen molar-refractivity contribution < 1.29 is 9.59 Å². The Morgan fingerprint density at radius 1 is 1.10 bits per heavy atom. The van der Waals surface area contributed by atoms with Crippen molar-refractivity contribution in [2.75, 3.05) is 25.0 Å². The summed E-state index contributed by atoms with van der Waals surface area (Å²) in [6.45, 7) is 2.61. The zero-order chi connectivity index (χ0) is 14.7. The molecular weight excluding hydrogens is 266 g/mol. The normalized spacial score (nSPS) is 21.5.